The first kappa shape index (κ1) is 18.2. The summed E-state index contributed by atoms with van der Waals surface area (Å²) < 4.78 is 5.94. The fourth-order valence-corrected chi connectivity index (χ4v) is 5.39. The Morgan fingerprint density at radius 3 is 2.21 bits per heavy atom. The van der Waals surface area contributed by atoms with Gasteiger partial charge in [0.25, 0.3) is 0 Å². The molecule has 0 spiro atoms. The first-order valence-electron chi connectivity index (χ1n) is 10.9. The van der Waals surface area contributed by atoms with Crippen LogP contribution in [0.4, 0.5) is 0 Å². The van der Waals surface area contributed by atoms with Crippen LogP contribution < -0.4 is 4.74 Å². The van der Waals surface area contributed by atoms with E-state index in [1.54, 1.807) is 0 Å². The molecule has 148 valence electrons. The zero-order chi connectivity index (χ0) is 19.0. The van der Waals surface area contributed by atoms with Gasteiger partial charge in [0.2, 0.25) is 0 Å². The third kappa shape index (κ3) is 3.58. The summed E-state index contributed by atoms with van der Waals surface area (Å²) in [4.78, 5) is 2.64. The van der Waals surface area contributed by atoms with E-state index in [2.05, 4.69) is 29.2 Å². The number of piperidine rings is 1. The number of hydrogen-bond donors (Lipinski definition) is 1. The molecule has 1 saturated heterocycles. The average Bonchev–Trinajstić information content (AvgIpc) is 3.52. The van der Waals surface area contributed by atoms with Gasteiger partial charge in [0, 0.05) is 31.5 Å². The van der Waals surface area contributed by atoms with Crippen LogP contribution in [0.15, 0.2) is 54.6 Å². The van der Waals surface area contributed by atoms with Crippen molar-refractivity contribution in [3.8, 4) is 5.75 Å². The molecule has 0 radical (unpaired) electrons. The smallest absolute Gasteiger partial charge is 0.119 e. The van der Waals surface area contributed by atoms with E-state index in [0.29, 0.717) is 18.4 Å². The van der Waals surface area contributed by atoms with Gasteiger partial charge in [-0.15, -0.1) is 0 Å². The Bertz CT molecular complexity index is 770. The van der Waals surface area contributed by atoms with Crippen molar-refractivity contribution in [1.29, 1.82) is 0 Å². The molecule has 3 fully saturated rings. The molecule has 2 unspecified atom stereocenters. The monoisotopic (exact) mass is 377 g/mol. The molecule has 1 aliphatic heterocycles. The normalized spacial score (nSPS) is 30.2. The maximum atomic E-state index is 11.8. The van der Waals surface area contributed by atoms with E-state index < -0.39 is 5.60 Å². The number of likely N-dealkylation sites (tertiary alicyclic amines) is 1. The molecule has 1 heterocycles. The predicted molar refractivity (Wildman–Crippen MR) is 111 cm³/mol. The highest BCUT2D eigenvalue weighted by molar-refractivity contribution is 5.33. The summed E-state index contributed by atoms with van der Waals surface area (Å²) in [6.45, 7) is 3.92. The Balaban J connectivity index is 1.29. The lowest BCUT2D eigenvalue weighted by Gasteiger charge is -2.53. The lowest BCUT2D eigenvalue weighted by atomic mass is 9.62. The molecule has 0 amide bonds. The first-order chi connectivity index (χ1) is 13.7. The van der Waals surface area contributed by atoms with Crippen LogP contribution in [0.3, 0.4) is 0 Å². The van der Waals surface area contributed by atoms with Gasteiger partial charge in [-0.2, -0.15) is 0 Å². The molecule has 3 nitrogen and oxygen atoms in total. The van der Waals surface area contributed by atoms with Gasteiger partial charge in [0.05, 0.1) is 5.60 Å². The molecule has 1 N–H and O–H groups in total. The summed E-state index contributed by atoms with van der Waals surface area (Å²) in [6.07, 6.45) is 6.34. The van der Waals surface area contributed by atoms with E-state index in [9.17, 15) is 5.11 Å². The van der Waals surface area contributed by atoms with Crippen LogP contribution in [-0.4, -0.2) is 29.6 Å². The van der Waals surface area contributed by atoms with E-state index in [4.69, 9.17) is 4.74 Å². The topological polar surface area (TPSA) is 32.7 Å². The quantitative estimate of drug-likeness (QED) is 0.799. The average molecular weight is 378 g/mol. The van der Waals surface area contributed by atoms with Crippen molar-refractivity contribution in [2.75, 3.05) is 19.6 Å². The van der Waals surface area contributed by atoms with Crippen molar-refractivity contribution in [3.05, 3.63) is 65.7 Å². The Hall–Kier alpha value is -1.84. The SMILES string of the molecule is OC1(c2ccc(OCc3ccccc3)cc2)C2CCCC1CN(CC1CC1)C2. The van der Waals surface area contributed by atoms with Crippen LogP contribution in [0.1, 0.15) is 43.2 Å². The van der Waals surface area contributed by atoms with E-state index in [0.717, 1.165) is 43.2 Å². The summed E-state index contributed by atoms with van der Waals surface area (Å²) in [5.41, 5.74) is 1.58. The minimum atomic E-state index is -0.670. The lowest BCUT2D eigenvalue weighted by Crippen LogP contribution is -2.58. The molecule has 2 aromatic carbocycles. The van der Waals surface area contributed by atoms with Crippen molar-refractivity contribution in [3.63, 3.8) is 0 Å². The van der Waals surface area contributed by atoms with E-state index in [1.165, 1.54) is 31.4 Å². The Kier molecular flexibility index (Phi) is 4.90. The molecule has 28 heavy (non-hydrogen) atoms. The molecule has 3 heteroatoms. The first-order valence-corrected chi connectivity index (χ1v) is 10.9. The van der Waals surface area contributed by atoms with E-state index in [-0.39, 0.29) is 0 Å². The zero-order valence-electron chi connectivity index (χ0n) is 16.6. The van der Waals surface area contributed by atoms with Gasteiger partial charge in [0.15, 0.2) is 0 Å². The fourth-order valence-electron chi connectivity index (χ4n) is 5.39. The highest BCUT2D eigenvalue weighted by Crippen LogP contribution is 2.49. The number of nitrogens with zero attached hydrogens (tertiary/aromatic N) is 1. The van der Waals surface area contributed by atoms with Crippen LogP contribution in [0, 0.1) is 17.8 Å². The van der Waals surface area contributed by atoms with Gasteiger partial charge in [-0.05, 0) is 54.9 Å². The van der Waals surface area contributed by atoms with Gasteiger partial charge in [-0.3, -0.25) is 0 Å². The molecule has 2 aliphatic carbocycles. The van der Waals surface area contributed by atoms with E-state index >= 15 is 0 Å². The van der Waals surface area contributed by atoms with Crippen LogP contribution in [0.5, 0.6) is 5.75 Å². The summed E-state index contributed by atoms with van der Waals surface area (Å²) in [6, 6.07) is 18.5. The fraction of sp³-hybridized carbons (Fsp3) is 0.520. The summed E-state index contributed by atoms with van der Waals surface area (Å²) in [7, 11) is 0. The van der Waals surface area contributed by atoms with Crippen molar-refractivity contribution >= 4 is 0 Å². The molecule has 2 atom stereocenters. The highest BCUT2D eigenvalue weighted by Gasteiger charge is 2.51. The Morgan fingerprint density at radius 2 is 1.57 bits per heavy atom. The second-order valence-electron chi connectivity index (χ2n) is 9.11. The van der Waals surface area contributed by atoms with Crippen molar-refractivity contribution in [2.24, 2.45) is 17.8 Å². The van der Waals surface area contributed by atoms with Crippen molar-refractivity contribution in [1.82, 2.24) is 4.90 Å². The molecule has 2 saturated carbocycles. The number of hydrogen-bond acceptors (Lipinski definition) is 3. The van der Waals surface area contributed by atoms with Crippen LogP contribution in [0.25, 0.3) is 0 Å². The zero-order valence-corrected chi connectivity index (χ0v) is 16.6. The van der Waals surface area contributed by atoms with Crippen LogP contribution >= 0.6 is 0 Å². The summed E-state index contributed by atoms with van der Waals surface area (Å²) in [5, 5.41) is 11.8. The Morgan fingerprint density at radius 1 is 0.893 bits per heavy atom. The summed E-state index contributed by atoms with van der Waals surface area (Å²) in [5.74, 6) is 2.50. The van der Waals surface area contributed by atoms with E-state index in [1.807, 2.05) is 30.3 Å². The maximum Gasteiger partial charge on any atom is 0.119 e. The number of fused-ring (bicyclic) bond motifs is 2. The lowest BCUT2D eigenvalue weighted by molar-refractivity contribution is -0.147. The van der Waals surface area contributed by atoms with Gasteiger partial charge >= 0.3 is 0 Å². The number of ether oxygens (including phenoxy) is 1. The number of rotatable bonds is 6. The molecule has 5 rings (SSSR count). The minimum absolute atomic E-state index is 0.356. The molecule has 2 aromatic rings. The third-order valence-corrected chi connectivity index (χ3v) is 7.09. The van der Waals surface area contributed by atoms with Crippen molar-refractivity contribution in [2.45, 2.75) is 44.3 Å². The number of aliphatic hydroxyl groups is 1. The summed E-state index contributed by atoms with van der Waals surface area (Å²) >= 11 is 0. The molecular weight excluding hydrogens is 346 g/mol. The third-order valence-electron chi connectivity index (χ3n) is 7.09. The standard InChI is InChI=1S/C25H31NO2/c27-25(22-7-4-8-23(25)17-26(16-22)15-19-9-10-19)21-11-13-24(14-12-21)28-18-20-5-2-1-3-6-20/h1-3,5-6,11-14,19,22-23,27H,4,7-10,15-18H2. The largest absolute Gasteiger partial charge is 0.489 e. The minimum Gasteiger partial charge on any atom is -0.489 e. The molecular formula is C25H31NO2. The van der Waals surface area contributed by atoms with Gasteiger partial charge in [-0.25, -0.2) is 0 Å². The predicted octanol–water partition coefficient (Wildman–Crippen LogP) is 4.60. The second-order valence-corrected chi connectivity index (χ2v) is 9.11. The molecule has 0 aromatic heterocycles. The van der Waals surface area contributed by atoms with Crippen molar-refractivity contribution < 1.29 is 9.84 Å². The van der Waals surface area contributed by atoms with Crippen LogP contribution in [-0.2, 0) is 12.2 Å². The number of benzene rings is 2. The molecule has 2 bridgehead atoms. The van der Waals surface area contributed by atoms with Gasteiger partial charge < -0.3 is 14.7 Å². The molecule has 3 aliphatic rings. The van der Waals surface area contributed by atoms with Gasteiger partial charge in [0.1, 0.15) is 12.4 Å². The van der Waals surface area contributed by atoms with Gasteiger partial charge in [-0.1, -0.05) is 48.9 Å². The Labute approximate surface area is 168 Å². The highest BCUT2D eigenvalue weighted by atomic mass is 16.5. The second kappa shape index (κ2) is 7.53. The maximum absolute atomic E-state index is 11.8. The van der Waals surface area contributed by atoms with Crippen LogP contribution in [0.2, 0.25) is 0 Å².